The number of carbonyl (C=O) groups excluding carboxylic acids is 2. The Bertz CT molecular complexity index is 747. The van der Waals surface area contributed by atoms with E-state index in [-0.39, 0.29) is 0 Å². The van der Waals surface area contributed by atoms with Crippen molar-refractivity contribution in [1.29, 1.82) is 0 Å². The van der Waals surface area contributed by atoms with E-state index in [2.05, 4.69) is 5.32 Å². The average molecular weight is 384 g/mol. The quantitative estimate of drug-likeness (QED) is 0.500. The van der Waals surface area contributed by atoms with Crippen molar-refractivity contribution < 1.29 is 29.4 Å². The molecule has 0 spiro atoms. The summed E-state index contributed by atoms with van der Waals surface area (Å²) in [6.45, 7) is 3.46. The number of thioether (sulfide) groups is 1. The molecule has 2 amide bonds. The normalized spacial score (nSPS) is 28.0. The van der Waals surface area contributed by atoms with E-state index >= 15 is 0 Å². The van der Waals surface area contributed by atoms with Gasteiger partial charge < -0.3 is 20.4 Å². The Balaban J connectivity index is 1.77. The Morgan fingerprint density at radius 2 is 2.00 bits per heavy atom. The van der Waals surface area contributed by atoms with Gasteiger partial charge in [0, 0.05) is 4.75 Å². The van der Waals surface area contributed by atoms with Gasteiger partial charge in [0.2, 0.25) is 11.8 Å². The minimum Gasteiger partial charge on any atom is -0.480 e. The lowest BCUT2D eigenvalue weighted by Crippen LogP contribution is -2.71. The Labute approximate surface area is 151 Å². The second-order valence-electron chi connectivity index (χ2n) is 6.41. The third-order valence-corrected chi connectivity index (χ3v) is 6.63. The number of hydrogen-bond acceptors (Lipinski definition) is 6. The SMILES string of the molecule is CC1(C)S[C@@H]2[C@H](NC(=O)[C@@H](C(=O)O)c3ccsc3)C(=O)N2[C@H]1C(=O)O. The summed E-state index contributed by atoms with van der Waals surface area (Å²) in [4.78, 5) is 48.9. The maximum atomic E-state index is 12.4. The molecule has 0 saturated carbocycles. The summed E-state index contributed by atoms with van der Waals surface area (Å²) in [7, 11) is 0. The molecule has 2 aliphatic heterocycles. The smallest absolute Gasteiger partial charge is 0.327 e. The summed E-state index contributed by atoms with van der Waals surface area (Å²) in [5.74, 6) is -5.08. The molecule has 25 heavy (non-hydrogen) atoms. The van der Waals surface area contributed by atoms with Gasteiger partial charge in [-0.3, -0.25) is 14.4 Å². The number of amides is 2. The van der Waals surface area contributed by atoms with Crippen LogP contribution < -0.4 is 5.32 Å². The second kappa shape index (κ2) is 6.03. The van der Waals surface area contributed by atoms with E-state index in [1.807, 2.05) is 0 Å². The van der Waals surface area contributed by atoms with Crippen LogP contribution >= 0.6 is 23.1 Å². The number of carboxylic acids is 2. The Hall–Kier alpha value is -2.07. The molecule has 1 aromatic heterocycles. The lowest BCUT2D eigenvalue weighted by atomic mass is 9.95. The fourth-order valence-corrected chi connectivity index (χ4v) is 5.54. The van der Waals surface area contributed by atoms with Crippen LogP contribution in [0.3, 0.4) is 0 Å². The molecule has 4 atom stereocenters. The van der Waals surface area contributed by atoms with Crippen molar-refractivity contribution in [3.8, 4) is 0 Å². The van der Waals surface area contributed by atoms with Crippen molar-refractivity contribution >= 4 is 46.9 Å². The predicted molar refractivity (Wildman–Crippen MR) is 90.4 cm³/mol. The summed E-state index contributed by atoms with van der Waals surface area (Å²) >= 11 is 2.56. The predicted octanol–water partition coefficient (Wildman–Crippen LogP) is 0.548. The molecule has 10 heteroatoms. The first-order valence-electron chi connectivity index (χ1n) is 7.43. The van der Waals surface area contributed by atoms with Crippen molar-refractivity contribution in [2.45, 2.75) is 42.0 Å². The number of carbonyl (C=O) groups is 4. The van der Waals surface area contributed by atoms with E-state index in [1.54, 1.807) is 30.7 Å². The van der Waals surface area contributed by atoms with Crippen LogP contribution in [0, 0.1) is 0 Å². The van der Waals surface area contributed by atoms with Crippen LogP contribution in [0.25, 0.3) is 0 Å². The molecule has 0 bridgehead atoms. The highest BCUT2D eigenvalue weighted by Crippen LogP contribution is 2.50. The molecule has 3 heterocycles. The third kappa shape index (κ3) is 2.78. The highest BCUT2D eigenvalue weighted by atomic mass is 32.2. The summed E-state index contributed by atoms with van der Waals surface area (Å²) in [5, 5.41) is 23.9. The number of β-lactam (4-membered cyclic amide) rings is 1. The zero-order valence-corrected chi connectivity index (χ0v) is 15.0. The molecule has 8 nitrogen and oxygen atoms in total. The van der Waals surface area contributed by atoms with Crippen molar-refractivity contribution in [1.82, 2.24) is 10.2 Å². The van der Waals surface area contributed by atoms with E-state index in [4.69, 9.17) is 0 Å². The van der Waals surface area contributed by atoms with E-state index < -0.39 is 51.9 Å². The molecular weight excluding hydrogens is 368 g/mol. The molecule has 2 fully saturated rings. The molecule has 0 unspecified atom stereocenters. The molecule has 0 radical (unpaired) electrons. The van der Waals surface area contributed by atoms with Crippen molar-refractivity contribution in [3.05, 3.63) is 22.4 Å². The zero-order valence-electron chi connectivity index (χ0n) is 13.3. The maximum Gasteiger partial charge on any atom is 0.327 e. The zero-order chi connectivity index (χ0) is 18.5. The summed E-state index contributed by atoms with van der Waals surface area (Å²) in [6.07, 6.45) is 0. The number of carboxylic acid groups (broad SMARTS) is 2. The van der Waals surface area contributed by atoms with Crippen molar-refractivity contribution in [2.75, 3.05) is 0 Å². The number of fused-ring (bicyclic) bond motifs is 1. The van der Waals surface area contributed by atoms with Gasteiger partial charge in [0.25, 0.3) is 0 Å². The fourth-order valence-electron chi connectivity index (χ4n) is 3.23. The topological polar surface area (TPSA) is 124 Å². The van der Waals surface area contributed by atoms with Gasteiger partial charge in [0.15, 0.2) is 5.92 Å². The molecule has 3 N–H and O–H groups in total. The van der Waals surface area contributed by atoms with Crippen molar-refractivity contribution in [3.63, 3.8) is 0 Å². The van der Waals surface area contributed by atoms with E-state index in [1.165, 1.54) is 28.0 Å². The summed E-state index contributed by atoms with van der Waals surface area (Å²) < 4.78 is -0.703. The van der Waals surface area contributed by atoms with Gasteiger partial charge in [-0.25, -0.2) is 4.79 Å². The molecule has 0 aliphatic carbocycles. The molecule has 134 valence electrons. The van der Waals surface area contributed by atoms with Crippen molar-refractivity contribution in [2.24, 2.45) is 0 Å². The van der Waals surface area contributed by atoms with Crippen LogP contribution in [-0.4, -0.2) is 61.1 Å². The fraction of sp³-hybridized carbons (Fsp3) is 0.467. The number of rotatable bonds is 5. The highest BCUT2D eigenvalue weighted by Gasteiger charge is 2.64. The second-order valence-corrected chi connectivity index (χ2v) is 8.96. The van der Waals surface area contributed by atoms with E-state index in [9.17, 15) is 29.4 Å². The number of aliphatic carboxylic acids is 2. The lowest BCUT2D eigenvalue weighted by molar-refractivity contribution is -0.161. The number of hydrogen-bond donors (Lipinski definition) is 3. The first kappa shape index (κ1) is 17.7. The van der Waals surface area contributed by atoms with Gasteiger partial charge in [-0.2, -0.15) is 11.3 Å². The van der Waals surface area contributed by atoms with Crippen LogP contribution in [0.1, 0.15) is 25.3 Å². The number of thiophene rings is 1. The van der Waals surface area contributed by atoms with E-state index in [0.717, 1.165) is 0 Å². The highest BCUT2D eigenvalue weighted by molar-refractivity contribution is 8.01. The third-order valence-electron chi connectivity index (χ3n) is 4.36. The Morgan fingerprint density at radius 1 is 1.32 bits per heavy atom. The van der Waals surface area contributed by atoms with Crippen LogP contribution in [0.5, 0.6) is 0 Å². The number of nitrogens with zero attached hydrogens (tertiary/aromatic N) is 1. The molecule has 2 aliphatic rings. The first-order chi connectivity index (χ1) is 11.6. The molecular formula is C15H16N2O6S2. The Morgan fingerprint density at radius 3 is 2.52 bits per heavy atom. The number of nitrogens with one attached hydrogen (secondary N) is 1. The molecule has 2 saturated heterocycles. The average Bonchev–Trinajstić information content (AvgIpc) is 3.09. The lowest BCUT2D eigenvalue weighted by Gasteiger charge is -2.43. The largest absolute Gasteiger partial charge is 0.480 e. The van der Waals surface area contributed by atoms with E-state index in [0.29, 0.717) is 5.56 Å². The van der Waals surface area contributed by atoms with Gasteiger partial charge in [0.05, 0.1) is 0 Å². The minimum absolute atomic E-state index is 0.349. The maximum absolute atomic E-state index is 12.4. The van der Waals surface area contributed by atoms with Crippen LogP contribution in [0.15, 0.2) is 16.8 Å². The molecule has 0 aromatic carbocycles. The van der Waals surface area contributed by atoms with Gasteiger partial charge in [-0.1, -0.05) is 0 Å². The van der Waals surface area contributed by atoms with Crippen LogP contribution in [0.2, 0.25) is 0 Å². The standard InChI is InChI=1S/C15H16N2O6S2/c1-15(2)9(14(22)23)17-11(19)8(12(17)25-15)16-10(18)7(13(20)21)6-3-4-24-5-6/h3-5,7-9,12H,1-2H3,(H,16,18)(H,20,21)(H,22,23)/t7-,8+,9-,12+/m0/s1. The van der Waals surface area contributed by atoms with Gasteiger partial charge in [-0.05, 0) is 36.2 Å². The summed E-state index contributed by atoms with van der Waals surface area (Å²) in [5.41, 5.74) is 0.349. The van der Waals surface area contributed by atoms with Crippen LogP contribution in [-0.2, 0) is 19.2 Å². The van der Waals surface area contributed by atoms with Gasteiger partial charge >= 0.3 is 11.9 Å². The van der Waals surface area contributed by atoms with Gasteiger partial charge in [0.1, 0.15) is 17.5 Å². The Kier molecular flexibility index (Phi) is 4.28. The van der Waals surface area contributed by atoms with Gasteiger partial charge in [-0.15, -0.1) is 11.8 Å². The minimum atomic E-state index is -1.40. The first-order valence-corrected chi connectivity index (χ1v) is 9.25. The monoisotopic (exact) mass is 384 g/mol. The molecule has 1 aromatic rings. The summed E-state index contributed by atoms with van der Waals surface area (Å²) in [6, 6.07) is -0.344. The van der Waals surface area contributed by atoms with Crippen LogP contribution in [0.4, 0.5) is 0 Å². The molecule has 3 rings (SSSR count).